The molecule has 0 aliphatic carbocycles. The van der Waals surface area contributed by atoms with Crippen molar-refractivity contribution in [3.05, 3.63) is 72.1 Å². The first-order valence-electron chi connectivity index (χ1n) is 6.97. The number of anilines is 1. The van der Waals surface area contributed by atoms with Gasteiger partial charge in [0.1, 0.15) is 10.6 Å². The fourth-order valence-corrected chi connectivity index (χ4v) is 3.18. The molecular formula is C15H9F3N4O3S. The molecule has 0 aliphatic heterocycles. The Kier molecular flexibility index (Phi) is 4.47. The van der Waals surface area contributed by atoms with Crippen LogP contribution >= 0.6 is 0 Å². The van der Waals surface area contributed by atoms with Crippen LogP contribution in [0, 0.1) is 17.5 Å². The van der Waals surface area contributed by atoms with Gasteiger partial charge in [-0.05, 0) is 24.3 Å². The lowest BCUT2D eigenvalue weighted by Gasteiger charge is -2.06. The lowest BCUT2D eigenvalue weighted by molar-refractivity contribution is 0.102. The smallest absolute Gasteiger partial charge is 0.286 e. The minimum atomic E-state index is -4.63. The number of hydrogen-bond donors (Lipinski definition) is 1. The average Bonchev–Trinajstić information content (AvgIpc) is 3.09. The second kappa shape index (κ2) is 6.59. The molecule has 11 heteroatoms. The first-order chi connectivity index (χ1) is 12.3. The molecule has 26 heavy (non-hydrogen) atoms. The number of halogens is 3. The highest BCUT2D eigenvalue weighted by Crippen LogP contribution is 2.22. The second-order valence-corrected chi connectivity index (χ2v) is 6.71. The molecule has 3 rings (SSSR count). The monoisotopic (exact) mass is 382 g/mol. The Morgan fingerprint density at radius 1 is 1.08 bits per heavy atom. The number of aromatic nitrogens is 3. The topological polar surface area (TPSA) is 94.0 Å². The van der Waals surface area contributed by atoms with Crippen LogP contribution in [0.3, 0.4) is 0 Å². The van der Waals surface area contributed by atoms with E-state index in [1.54, 1.807) is 12.1 Å². The van der Waals surface area contributed by atoms with Crippen molar-refractivity contribution in [1.29, 1.82) is 0 Å². The standard InChI is InChI=1S/C15H9F3N4O3S/c16-10-4-5-12(14(18)13(10)17)26(24,25)22-8-9(7-20-22)21-15(23)11-3-1-2-6-19-11/h1-8H,(H,21,23). The molecule has 1 aromatic carbocycles. The van der Waals surface area contributed by atoms with Crippen LogP contribution in [-0.4, -0.2) is 28.5 Å². The molecule has 3 aromatic rings. The van der Waals surface area contributed by atoms with Crippen LogP contribution in [0.25, 0.3) is 0 Å². The lowest BCUT2D eigenvalue weighted by Crippen LogP contribution is -2.16. The van der Waals surface area contributed by atoms with Gasteiger partial charge in [-0.1, -0.05) is 6.07 Å². The molecule has 0 aliphatic rings. The summed E-state index contributed by atoms with van der Waals surface area (Å²) in [5.41, 5.74) is 0.0574. The fraction of sp³-hybridized carbons (Fsp3) is 0. The largest absolute Gasteiger partial charge is 0.318 e. The summed E-state index contributed by atoms with van der Waals surface area (Å²) in [6.07, 6.45) is 3.28. The molecule has 0 atom stereocenters. The first kappa shape index (κ1) is 17.6. The van der Waals surface area contributed by atoms with Crippen LogP contribution in [0.4, 0.5) is 18.9 Å². The molecule has 0 fully saturated rings. The molecule has 2 heterocycles. The maximum absolute atomic E-state index is 13.8. The fourth-order valence-electron chi connectivity index (χ4n) is 2.00. The number of nitrogens with zero attached hydrogens (tertiary/aromatic N) is 3. The Morgan fingerprint density at radius 3 is 2.54 bits per heavy atom. The summed E-state index contributed by atoms with van der Waals surface area (Å²) in [5.74, 6) is -5.92. The van der Waals surface area contributed by atoms with E-state index in [2.05, 4.69) is 15.4 Å². The predicted molar refractivity (Wildman–Crippen MR) is 83.3 cm³/mol. The van der Waals surface area contributed by atoms with Crippen molar-refractivity contribution in [2.45, 2.75) is 4.90 Å². The normalized spacial score (nSPS) is 11.3. The summed E-state index contributed by atoms with van der Waals surface area (Å²) < 4.78 is 65.0. The van der Waals surface area contributed by atoms with E-state index < -0.39 is 38.3 Å². The van der Waals surface area contributed by atoms with Gasteiger partial charge in [-0.25, -0.2) is 13.2 Å². The highest BCUT2D eigenvalue weighted by Gasteiger charge is 2.26. The zero-order chi connectivity index (χ0) is 18.9. The van der Waals surface area contributed by atoms with E-state index in [-0.39, 0.29) is 11.4 Å². The summed E-state index contributed by atoms with van der Waals surface area (Å²) in [7, 11) is -4.63. The van der Waals surface area contributed by atoms with Gasteiger partial charge in [0.2, 0.25) is 0 Å². The molecular weight excluding hydrogens is 373 g/mol. The SMILES string of the molecule is O=C(Nc1cnn(S(=O)(=O)c2ccc(F)c(F)c2F)c1)c1ccccn1. The first-order valence-corrected chi connectivity index (χ1v) is 8.41. The number of hydrogen-bond acceptors (Lipinski definition) is 5. The Hall–Kier alpha value is -3.21. The van der Waals surface area contributed by atoms with Crippen LogP contribution < -0.4 is 5.32 Å². The van der Waals surface area contributed by atoms with E-state index in [1.807, 2.05) is 0 Å². The van der Waals surface area contributed by atoms with E-state index in [1.165, 1.54) is 12.3 Å². The summed E-state index contributed by atoms with van der Waals surface area (Å²) in [6.45, 7) is 0. The third-order valence-corrected chi connectivity index (χ3v) is 4.80. The molecule has 0 bridgehead atoms. The third-order valence-electron chi connectivity index (χ3n) is 3.24. The molecule has 0 saturated carbocycles. The Morgan fingerprint density at radius 2 is 1.85 bits per heavy atom. The van der Waals surface area contributed by atoms with E-state index in [4.69, 9.17) is 0 Å². The number of rotatable bonds is 4. The van der Waals surface area contributed by atoms with Crippen LogP contribution in [0.2, 0.25) is 0 Å². The van der Waals surface area contributed by atoms with E-state index in [0.717, 1.165) is 12.4 Å². The van der Waals surface area contributed by atoms with Crippen LogP contribution in [0.1, 0.15) is 10.5 Å². The number of carbonyl (C=O) groups is 1. The van der Waals surface area contributed by atoms with Crippen molar-refractivity contribution in [2.24, 2.45) is 0 Å². The zero-order valence-electron chi connectivity index (χ0n) is 12.7. The van der Waals surface area contributed by atoms with Gasteiger partial charge in [0.25, 0.3) is 15.9 Å². The van der Waals surface area contributed by atoms with Gasteiger partial charge >= 0.3 is 0 Å². The Balaban J connectivity index is 1.90. The quantitative estimate of drug-likeness (QED) is 0.698. The number of benzene rings is 1. The van der Waals surface area contributed by atoms with E-state index in [9.17, 15) is 26.4 Å². The van der Waals surface area contributed by atoms with Gasteiger partial charge < -0.3 is 5.32 Å². The summed E-state index contributed by atoms with van der Waals surface area (Å²) in [5, 5.41) is 5.88. The van der Waals surface area contributed by atoms with Crippen molar-refractivity contribution in [1.82, 2.24) is 14.2 Å². The summed E-state index contributed by atoms with van der Waals surface area (Å²) in [4.78, 5) is 14.7. The van der Waals surface area contributed by atoms with Gasteiger partial charge in [0.05, 0.1) is 18.1 Å². The van der Waals surface area contributed by atoms with E-state index in [0.29, 0.717) is 16.2 Å². The number of pyridine rings is 1. The lowest BCUT2D eigenvalue weighted by atomic mass is 10.3. The average molecular weight is 382 g/mol. The number of amides is 1. The molecule has 134 valence electrons. The third kappa shape index (κ3) is 3.16. The maximum Gasteiger partial charge on any atom is 0.286 e. The van der Waals surface area contributed by atoms with Crippen molar-refractivity contribution in [3.63, 3.8) is 0 Å². The van der Waals surface area contributed by atoms with Crippen molar-refractivity contribution in [2.75, 3.05) is 5.32 Å². The molecule has 7 nitrogen and oxygen atoms in total. The van der Waals surface area contributed by atoms with E-state index >= 15 is 0 Å². The van der Waals surface area contributed by atoms with Gasteiger partial charge in [0.15, 0.2) is 17.5 Å². The molecule has 0 spiro atoms. The van der Waals surface area contributed by atoms with Gasteiger partial charge in [-0.2, -0.15) is 17.6 Å². The van der Waals surface area contributed by atoms with Crippen LogP contribution in [0.15, 0.2) is 53.8 Å². The maximum atomic E-state index is 13.8. The molecule has 0 unspecified atom stereocenters. The number of carbonyl (C=O) groups excluding carboxylic acids is 1. The Labute approximate surface area is 145 Å². The zero-order valence-corrected chi connectivity index (χ0v) is 13.5. The van der Waals surface area contributed by atoms with Gasteiger partial charge in [-0.3, -0.25) is 9.78 Å². The second-order valence-electron chi connectivity index (χ2n) is 4.95. The predicted octanol–water partition coefficient (Wildman–Crippen LogP) is 2.18. The summed E-state index contributed by atoms with van der Waals surface area (Å²) >= 11 is 0. The minimum absolute atomic E-state index is 0.0211. The Bertz CT molecular complexity index is 1080. The van der Waals surface area contributed by atoms with Crippen LogP contribution in [0.5, 0.6) is 0 Å². The molecule has 0 radical (unpaired) electrons. The minimum Gasteiger partial charge on any atom is -0.318 e. The van der Waals surface area contributed by atoms with Crippen molar-refractivity contribution < 1.29 is 26.4 Å². The van der Waals surface area contributed by atoms with Crippen LogP contribution in [-0.2, 0) is 10.0 Å². The highest BCUT2D eigenvalue weighted by atomic mass is 32.2. The molecule has 0 saturated heterocycles. The van der Waals surface area contributed by atoms with Crippen molar-refractivity contribution >= 4 is 21.6 Å². The van der Waals surface area contributed by atoms with Gasteiger partial charge in [0, 0.05) is 6.20 Å². The van der Waals surface area contributed by atoms with Gasteiger partial charge in [-0.15, -0.1) is 0 Å². The highest BCUT2D eigenvalue weighted by molar-refractivity contribution is 7.89. The summed E-state index contributed by atoms with van der Waals surface area (Å²) in [6, 6.07) is 5.70. The van der Waals surface area contributed by atoms with Crippen molar-refractivity contribution in [3.8, 4) is 0 Å². The molecule has 2 aromatic heterocycles. The molecule has 1 N–H and O–H groups in total. The molecule has 1 amide bonds. The number of nitrogens with one attached hydrogen (secondary N) is 1.